The lowest BCUT2D eigenvalue weighted by Gasteiger charge is -2.14. The van der Waals surface area contributed by atoms with Crippen LogP contribution < -0.4 is 4.74 Å². The van der Waals surface area contributed by atoms with Crippen molar-refractivity contribution in [2.24, 2.45) is 0 Å². The summed E-state index contributed by atoms with van der Waals surface area (Å²) in [4.78, 5) is 15.0. The Morgan fingerprint density at radius 3 is 2.76 bits per heavy atom. The molecule has 0 bridgehead atoms. The minimum absolute atomic E-state index is 0.00121. The van der Waals surface area contributed by atoms with E-state index in [0.717, 1.165) is 22.7 Å². The molecule has 2 rings (SSSR count). The summed E-state index contributed by atoms with van der Waals surface area (Å²) in [6.45, 7) is 2.97. The highest BCUT2D eigenvalue weighted by molar-refractivity contribution is 7.89. The van der Waals surface area contributed by atoms with Crippen LogP contribution in [0.2, 0.25) is 0 Å². The van der Waals surface area contributed by atoms with E-state index in [-0.39, 0.29) is 23.8 Å². The van der Waals surface area contributed by atoms with E-state index in [4.69, 9.17) is 9.94 Å². The van der Waals surface area contributed by atoms with Crippen LogP contribution in [0, 0.1) is 5.82 Å². The van der Waals surface area contributed by atoms with E-state index >= 15 is 0 Å². The van der Waals surface area contributed by atoms with Gasteiger partial charge in [0.15, 0.2) is 18.2 Å². The molecule has 1 fully saturated rings. The van der Waals surface area contributed by atoms with Gasteiger partial charge in [-0.3, -0.25) is 4.84 Å². The fourth-order valence-electron chi connectivity index (χ4n) is 1.61. The number of carbonyl (C=O) groups is 1. The minimum atomic E-state index is -4.00. The molecule has 9 heteroatoms. The molecule has 0 saturated carbocycles. The SMILES string of the molecule is C=C1CON(S(=O)(=O)c2ccc(OCC(=O)O)c(F)c2)C1. The third kappa shape index (κ3) is 3.38. The number of hydrogen-bond acceptors (Lipinski definition) is 5. The molecule has 0 aliphatic carbocycles. The van der Waals surface area contributed by atoms with Gasteiger partial charge in [0.1, 0.15) is 0 Å². The largest absolute Gasteiger partial charge is 0.479 e. The molecular formula is C12H12FNO6S. The number of halogens is 1. The molecular weight excluding hydrogens is 305 g/mol. The molecule has 1 saturated heterocycles. The third-order valence-electron chi connectivity index (χ3n) is 2.59. The Morgan fingerprint density at radius 2 is 2.24 bits per heavy atom. The molecule has 114 valence electrons. The van der Waals surface area contributed by atoms with Gasteiger partial charge < -0.3 is 9.84 Å². The first-order valence-corrected chi connectivity index (χ1v) is 7.21. The van der Waals surface area contributed by atoms with E-state index in [0.29, 0.717) is 5.57 Å². The van der Waals surface area contributed by atoms with Crippen molar-refractivity contribution >= 4 is 16.0 Å². The van der Waals surface area contributed by atoms with E-state index in [1.807, 2.05) is 0 Å². The van der Waals surface area contributed by atoms with E-state index in [9.17, 15) is 17.6 Å². The fraction of sp³-hybridized carbons (Fsp3) is 0.250. The second-order valence-electron chi connectivity index (χ2n) is 4.26. The predicted octanol–water partition coefficient (Wildman–Crippen LogP) is 0.781. The zero-order valence-electron chi connectivity index (χ0n) is 10.8. The maximum absolute atomic E-state index is 13.7. The standard InChI is InChI=1S/C12H12FNO6S/c1-8-5-14(20-6-8)21(17,18)9-2-3-11(10(13)4-9)19-7-12(15)16/h2-4H,1,5-7H2,(H,15,16). The first-order valence-electron chi connectivity index (χ1n) is 5.77. The van der Waals surface area contributed by atoms with Gasteiger partial charge in [0.2, 0.25) is 0 Å². The average molecular weight is 317 g/mol. The first-order chi connectivity index (χ1) is 9.80. The molecule has 0 unspecified atom stereocenters. The number of carboxylic acid groups (broad SMARTS) is 1. The van der Waals surface area contributed by atoms with Gasteiger partial charge in [-0.05, 0) is 23.8 Å². The number of hydrogen-bond donors (Lipinski definition) is 1. The second kappa shape index (κ2) is 5.80. The van der Waals surface area contributed by atoms with Gasteiger partial charge in [0, 0.05) is 0 Å². The lowest BCUT2D eigenvalue weighted by Crippen LogP contribution is -2.27. The van der Waals surface area contributed by atoms with Crippen molar-refractivity contribution in [2.75, 3.05) is 19.8 Å². The van der Waals surface area contributed by atoms with E-state index in [1.165, 1.54) is 0 Å². The van der Waals surface area contributed by atoms with Crippen LogP contribution >= 0.6 is 0 Å². The van der Waals surface area contributed by atoms with Crippen LogP contribution in [0.3, 0.4) is 0 Å². The van der Waals surface area contributed by atoms with Gasteiger partial charge in [-0.1, -0.05) is 11.0 Å². The number of carboxylic acids is 1. The number of sulfonamides is 1. The molecule has 1 aliphatic heterocycles. The summed E-state index contributed by atoms with van der Waals surface area (Å²) < 4.78 is 43.5. The van der Waals surface area contributed by atoms with Gasteiger partial charge in [-0.2, -0.15) is 0 Å². The number of hydroxylamine groups is 1. The van der Waals surface area contributed by atoms with Crippen molar-refractivity contribution in [3.8, 4) is 5.75 Å². The third-order valence-corrected chi connectivity index (χ3v) is 4.21. The summed E-state index contributed by atoms with van der Waals surface area (Å²) in [7, 11) is -4.00. The lowest BCUT2D eigenvalue weighted by atomic mass is 10.3. The molecule has 0 atom stereocenters. The van der Waals surface area contributed by atoms with E-state index in [1.54, 1.807) is 0 Å². The van der Waals surface area contributed by atoms with Gasteiger partial charge in [-0.25, -0.2) is 17.6 Å². The van der Waals surface area contributed by atoms with E-state index in [2.05, 4.69) is 11.3 Å². The minimum Gasteiger partial charge on any atom is -0.479 e. The molecule has 1 N–H and O–H groups in total. The molecule has 1 heterocycles. The number of benzene rings is 1. The van der Waals surface area contributed by atoms with Crippen molar-refractivity contribution in [1.29, 1.82) is 0 Å². The summed E-state index contributed by atoms with van der Waals surface area (Å²) in [6, 6.07) is 2.91. The van der Waals surface area contributed by atoms with Crippen molar-refractivity contribution < 1.29 is 32.3 Å². The molecule has 0 spiro atoms. The van der Waals surface area contributed by atoms with Crippen molar-refractivity contribution in [3.05, 3.63) is 36.2 Å². The summed E-state index contributed by atoms with van der Waals surface area (Å²) in [5.74, 6) is -2.59. The highest BCUT2D eigenvalue weighted by atomic mass is 32.2. The Morgan fingerprint density at radius 1 is 1.52 bits per heavy atom. The van der Waals surface area contributed by atoms with Crippen molar-refractivity contribution in [3.63, 3.8) is 0 Å². The molecule has 0 aromatic heterocycles. The fourth-order valence-corrected chi connectivity index (χ4v) is 2.88. The number of nitrogens with zero attached hydrogens (tertiary/aromatic N) is 1. The van der Waals surface area contributed by atoms with Crippen LogP contribution in [0.5, 0.6) is 5.75 Å². The van der Waals surface area contributed by atoms with Gasteiger partial charge >= 0.3 is 5.97 Å². The van der Waals surface area contributed by atoms with Crippen LogP contribution in [0.4, 0.5) is 4.39 Å². The van der Waals surface area contributed by atoms with Crippen LogP contribution in [0.25, 0.3) is 0 Å². The van der Waals surface area contributed by atoms with Gasteiger partial charge in [0.05, 0.1) is 18.0 Å². The zero-order chi connectivity index (χ0) is 15.6. The summed E-state index contributed by atoms with van der Waals surface area (Å²) >= 11 is 0. The Labute approximate surface area is 120 Å². The topological polar surface area (TPSA) is 93.1 Å². The number of aliphatic carboxylic acids is 1. The Hall–Kier alpha value is -1.97. The van der Waals surface area contributed by atoms with Crippen LogP contribution in [0.15, 0.2) is 35.2 Å². The van der Waals surface area contributed by atoms with Gasteiger partial charge in [-0.15, -0.1) is 0 Å². The van der Waals surface area contributed by atoms with Crippen molar-refractivity contribution in [2.45, 2.75) is 4.90 Å². The summed E-state index contributed by atoms with van der Waals surface area (Å²) in [5.41, 5.74) is 0.584. The van der Waals surface area contributed by atoms with Crippen LogP contribution in [0.1, 0.15) is 0 Å². The molecule has 1 aromatic carbocycles. The second-order valence-corrected chi connectivity index (χ2v) is 6.09. The van der Waals surface area contributed by atoms with E-state index < -0.39 is 28.4 Å². The Kier molecular flexibility index (Phi) is 4.26. The maximum atomic E-state index is 13.7. The Balaban J connectivity index is 2.23. The van der Waals surface area contributed by atoms with Crippen molar-refractivity contribution in [1.82, 2.24) is 4.47 Å². The maximum Gasteiger partial charge on any atom is 0.341 e. The van der Waals surface area contributed by atoms with Crippen LogP contribution in [-0.2, 0) is 19.7 Å². The Bertz CT molecular complexity index is 687. The molecule has 7 nitrogen and oxygen atoms in total. The highest BCUT2D eigenvalue weighted by Gasteiger charge is 2.31. The lowest BCUT2D eigenvalue weighted by molar-refractivity contribution is -0.139. The quantitative estimate of drug-likeness (QED) is 0.807. The molecule has 0 radical (unpaired) electrons. The normalized spacial score (nSPS) is 16.1. The zero-order valence-corrected chi connectivity index (χ0v) is 11.6. The smallest absolute Gasteiger partial charge is 0.341 e. The first kappa shape index (κ1) is 15.4. The molecule has 1 aromatic rings. The predicted molar refractivity (Wildman–Crippen MR) is 68.5 cm³/mol. The summed E-state index contributed by atoms with van der Waals surface area (Å²) in [6.07, 6.45) is 0. The van der Waals surface area contributed by atoms with Gasteiger partial charge in [0.25, 0.3) is 10.0 Å². The highest BCUT2D eigenvalue weighted by Crippen LogP contribution is 2.25. The molecule has 21 heavy (non-hydrogen) atoms. The van der Waals surface area contributed by atoms with Crippen LogP contribution in [-0.4, -0.2) is 43.7 Å². The number of ether oxygens (including phenoxy) is 1. The number of rotatable bonds is 5. The molecule has 1 aliphatic rings. The average Bonchev–Trinajstić information content (AvgIpc) is 2.84. The monoisotopic (exact) mass is 317 g/mol. The summed E-state index contributed by atoms with van der Waals surface area (Å²) in [5, 5.41) is 8.44. The molecule has 0 amide bonds.